The summed E-state index contributed by atoms with van der Waals surface area (Å²) in [4.78, 5) is 14.3. The van der Waals surface area contributed by atoms with Gasteiger partial charge in [-0.25, -0.2) is 9.37 Å². The van der Waals surface area contributed by atoms with Gasteiger partial charge in [-0.15, -0.1) is 24.0 Å². The summed E-state index contributed by atoms with van der Waals surface area (Å²) >= 11 is 0. The van der Waals surface area contributed by atoms with Crippen molar-refractivity contribution in [3.8, 4) is 0 Å². The lowest BCUT2D eigenvalue weighted by atomic mass is 10.1. The Morgan fingerprint density at radius 3 is 3.00 bits per heavy atom. The van der Waals surface area contributed by atoms with Crippen molar-refractivity contribution in [3.05, 3.63) is 59.7 Å². The first-order valence-corrected chi connectivity index (χ1v) is 10.6. The number of benzene rings is 1. The highest BCUT2D eigenvalue weighted by Gasteiger charge is 2.18. The summed E-state index contributed by atoms with van der Waals surface area (Å²) < 4.78 is 19.2. The van der Waals surface area contributed by atoms with Crippen LogP contribution in [0.1, 0.15) is 18.1 Å². The van der Waals surface area contributed by atoms with Crippen LogP contribution in [0, 0.1) is 5.82 Å². The van der Waals surface area contributed by atoms with Crippen LogP contribution in [0.25, 0.3) is 10.9 Å². The number of nitrogens with zero attached hydrogens (tertiary/aromatic N) is 3. The summed E-state index contributed by atoms with van der Waals surface area (Å²) in [7, 11) is 1.75. The van der Waals surface area contributed by atoms with Crippen molar-refractivity contribution in [1.82, 2.24) is 20.6 Å². The van der Waals surface area contributed by atoms with Crippen molar-refractivity contribution in [2.45, 2.75) is 26.0 Å². The number of nitrogens with one attached hydrogen (secondary N) is 3. The van der Waals surface area contributed by atoms with E-state index in [2.05, 4.69) is 43.5 Å². The number of aliphatic imine (C=N–C) groups is 1. The van der Waals surface area contributed by atoms with E-state index in [1.807, 2.05) is 18.5 Å². The molecule has 1 fully saturated rings. The number of guanidine groups is 1. The van der Waals surface area contributed by atoms with Gasteiger partial charge in [-0.1, -0.05) is 0 Å². The highest BCUT2D eigenvalue weighted by Crippen LogP contribution is 2.19. The molecule has 0 spiro atoms. The van der Waals surface area contributed by atoms with Gasteiger partial charge in [0.2, 0.25) is 0 Å². The molecule has 3 aromatic rings. The molecule has 32 heavy (non-hydrogen) atoms. The highest BCUT2D eigenvalue weighted by molar-refractivity contribution is 14.0. The molecule has 1 aliphatic heterocycles. The first kappa shape index (κ1) is 24.2. The number of hydrogen-bond donors (Lipinski definition) is 3. The molecular weight excluding hydrogens is 522 g/mol. The normalized spacial score (nSPS) is 16.7. The molecule has 9 heteroatoms. The number of rotatable bonds is 6. The minimum Gasteiger partial charge on any atom is -0.375 e. The lowest BCUT2D eigenvalue weighted by molar-refractivity contribution is 0.0529. The molecule has 1 aliphatic rings. The number of ether oxygens (including phenoxy) is 1. The number of pyridine rings is 1. The summed E-state index contributed by atoms with van der Waals surface area (Å²) in [5.74, 6) is 1.48. The Labute approximate surface area is 204 Å². The van der Waals surface area contributed by atoms with Gasteiger partial charge < -0.3 is 25.3 Å². The molecule has 0 amide bonds. The van der Waals surface area contributed by atoms with Gasteiger partial charge in [-0.2, -0.15) is 0 Å². The van der Waals surface area contributed by atoms with Gasteiger partial charge in [0.1, 0.15) is 11.6 Å². The second kappa shape index (κ2) is 11.5. The zero-order valence-corrected chi connectivity index (χ0v) is 20.7. The van der Waals surface area contributed by atoms with Crippen LogP contribution in [-0.2, 0) is 17.7 Å². The van der Waals surface area contributed by atoms with Crippen LogP contribution < -0.4 is 15.5 Å². The van der Waals surface area contributed by atoms with Crippen LogP contribution in [0.3, 0.4) is 0 Å². The largest absolute Gasteiger partial charge is 0.375 e. The summed E-state index contributed by atoms with van der Waals surface area (Å²) in [5, 5.41) is 7.60. The summed E-state index contributed by atoms with van der Waals surface area (Å²) in [6, 6.07) is 8.93. The number of halogens is 2. The fourth-order valence-electron chi connectivity index (χ4n) is 3.85. The minimum atomic E-state index is -0.220. The van der Waals surface area contributed by atoms with Crippen molar-refractivity contribution in [1.29, 1.82) is 0 Å². The van der Waals surface area contributed by atoms with Gasteiger partial charge in [-0.3, -0.25) is 4.99 Å². The van der Waals surface area contributed by atoms with E-state index in [0.717, 1.165) is 59.9 Å². The Bertz CT molecular complexity index is 1060. The Morgan fingerprint density at radius 2 is 2.19 bits per heavy atom. The van der Waals surface area contributed by atoms with E-state index in [-0.39, 0.29) is 35.9 Å². The van der Waals surface area contributed by atoms with Crippen LogP contribution in [0.2, 0.25) is 0 Å². The molecule has 3 heterocycles. The number of fused-ring (bicyclic) bond motifs is 1. The van der Waals surface area contributed by atoms with Gasteiger partial charge in [0.15, 0.2) is 5.96 Å². The Hall–Kier alpha value is -2.40. The third-order valence-corrected chi connectivity index (χ3v) is 5.47. The molecule has 1 saturated heterocycles. The third kappa shape index (κ3) is 6.10. The van der Waals surface area contributed by atoms with Crippen molar-refractivity contribution in [2.24, 2.45) is 4.99 Å². The summed E-state index contributed by atoms with van der Waals surface area (Å²) in [6.45, 7) is 5.86. The van der Waals surface area contributed by atoms with E-state index in [1.165, 1.54) is 6.07 Å². The Kier molecular flexibility index (Phi) is 8.68. The second-order valence-electron chi connectivity index (χ2n) is 7.76. The predicted octanol–water partition coefficient (Wildman–Crippen LogP) is 3.45. The standard InChI is InChI=1S/C23H29FN6O.HI/c1-16-15-30(9-10-31-16)22-11-17(5-7-26-22)13-29-23(25-2)27-8-6-18-14-28-21-4-3-19(24)12-20(18)21;/h3-5,7,11-12,14,16,28H,6,8-10,13,15H2,1-2H3,(H2,25,27,29);1H. The SMILES string of the molecule is CN=C(NCCc1c[nH]c2ccc(F)cc12)NCc1ccnc(N2CCOC(C)C2)c1.I. The van der Waals surface area contributed by atoms with Crippen LogP contribution in [0.4, 0.5) is 10.2 Å². The van der Waals surface area contributed by atoms with Gasteiger partial charge in [0.25, 0.3) is 0 Å². The molecule has 0 aliphatic carbocycles. The van der Waals surface area contributed by atoms with Gasteiger partial charge in [0.05, 0.1) is 12.7 Å². The molecule has 0 saturated carbocycles. The van der Waals surface area contributed by atoms with Crippen LogP contribution in [0.5, 0.6) is 0 Å². The minimum absolute atomic E-state index is 0. The predicted molar refractivity (Wildman–Crippen MR) is 137 cm³/mol. The van der Waals surface area contributed by atoms with E-state index in [4.69, 9.17) is 4.74 Å². The molecule has 1 atom stereocenters. The number of hydrogen-bond acceptors (Lipinski definition) is 4. The lowest BCUT2D eigenvalue weighted by Gasteiger charge is -2.32. The van der Waals surface area contributed by atoms with E-state index in [1.54, 1.807) is 19.2 Å². The van der Waals surface area contributed by atoms with E-state index < -0.39 is 0 Å². The fraction of sp³-hybridized carbons (Fsp3) is 0.391. The lowest BCUT2D eigenvalue weighted by Crippen LogP contribution is -2.41. The molecule has 3 N–H and O–H groups in total. The average molecular weight is 552 g/mol. The molecule has 1 aromatic carbocycles. The van der Waals surface area contributed by atoms with Crippen molar-refractivity contribution in [3.63, 3.8) is 0 Å². The first-order valence-electron chi connectivity index (χ1n) is 10.6. The molecule has 2 aromatic heterocycles. The molecule has 172 valence electrons. The van der Waals surface area contributed by atoms with Crippen LogP contribution in [0.15, 0.2) is 47.7 Å². The number of anilines is 1. The fourth-order valence-corrected chi connectivity index (χ4v) is 3.85. The van der Waals surface area contributed by atoms with Crippen molar-refractivity contribution < 1.29 is 9.13 Å². The smallest absolute Gasteiger partial charge is 0.191 e. The zero-order chi connectivity index (χ0) is 21.6. The van der Waals surface area contributed by atoms with E-state index in [9.17, 15) is 4.39 Å². The Balaban J connectivity index is 0.00000289. The topological polar surface area (TPSA) is 77.6 Å². The third-order valence-electron chi connectivity index (χ3n) is 5.47. The molecular formula is C23H30FIN6O. The van der Waals surface area contributed by atoms with Crippen LogP contribution in [-0.4, -0.2) is 55.3 Å². The molecule has 7 nitrogen and oxygen atoms in total. The van der Waals surface area contributed by atoms with Gasteiger partial charge >= 0.3 is 0 Å². The summed E-state index contributed by atoms with van der Waals surface area (Å²) in [6.07, 6.45) is 4.76. The zero-order valence-electron chi connectivity index (χ0n) is 18.4. The number of H-pyrrole nitrogens is 1. The number of morpholine rings is 1. The maximum absolute atomic E-state index is 13.6. The van der Waals surface area contributed by atoms with Gasteiger partial charge in [-0.05, 0) is 54.8 Å². The average Bonchev–Trinajstić information content (AvgIpc) is 3.18. The summed E-state index contributed by atoms with van der Waals surface area (Å²) in [5.41, 5.74) is 3.16. The molecule has 1 unspecified atom stereocenters. The van der Waals surface area contributed by atoms with Crippen molar-refractivity contribution in [2.75, 3.05) is 38.2 Å². The van der Waals surface area contributed by atoms with Crippen LogP contribution >= 0.6 is 24.0 Å². The quantitative estimate of drug-likeness (QED) is 0.248. The maximum Gasteiger partial charge on any atom is 0.191 e. The number of aromatic nitrogens is 2. The highest BCUT2D eigenvalue weighted by atomic mass is 127. The molecule has 0 bridgehead atoms. The molecule has 4 rings (SSSR count). The second-order valence-corrected chi connectivity index (χ2v) is 7.76. The van der Waals surface area contributed by atoms with Crippen molar-refractivity contribution >= 4 is 46.7 Å². The van der Waals surface area contributed by atoms with E-state index >= 15 is 0 Å². The van der Waals surface area contributed by atoms with Gasteiger partial charge in [0, 0.05) is 56.5 Å². The monoisotopic (exact) mass is 552 g/mol. The Morgan fingerprint density at radius 1 is 1.31 bits per heavy atom. The maximum atomic E-state index is 13.6. The van der Waals surface area contributed by atoms with E-state index in [0.29, 0.717) is 13.1 Å². The molecule has 0 radical (unpaired) electrons. The number of aromatic amines is 1. The first-order chi connectivity index (χ1) is 15.1.